The monoisotopic (exact) mass is 248 g/mol. The van der Waals surface area contributed by atoms with E-state index in [1.54, 1.807) is 0 Å². The van der Waals surface area contributed by atoms with Gasteiger partial charge in [0.15, 0.2) is 0 Å². The van der Waals surface area contributed by atoms with Gasteiger partial charge in [-0.2, -0.15) is 0 Å². The average Bonchev–Trinajstić information content (AvgIpc) is 2.21. The number of amides is 1. The molecule has 0 aromatic heterocycles. The normalized spacial score (nSPS) is 22.6. The summed E-state index contributed by atoms with van der Waals surface area (Å²) in [5, 5.41) is 2.86. The number of nitrogens with two attached hydrogens (primary N) is 1. The Bertz CT molecular complexity index is 326. The van der Waals surface area contributed by atoms with Crippen molar-refractivity contribution >= 4 is 15.7 Å². The molecule has 0 aromatic carbocycles. The van der Waals surface area contributed by atoms with Gasteiger partial charge < -0.3 is 11.1 Å². The van der Waals surface area contributed by atoms with Gasteiger partial charge in [0.2, 0.25) is 5.91 Å². The average molecular weight is 248 g/mol. The summed E-state index contributed by atoms with van der Waals surface area (Å²) < 4.78 is 22.4. The standard InChI is InChI=1S/C10H20N2O3S/c1-8(7-11)6-10(13)12-9-2-4-16(14,15)5-3-9/h8-9H,2-7,11H2,1H3,(H,12,13). The molecule has 6 heteroatoms. The smallest absolute Gasteiger partial charge is 0.220 e. The molecule has 3 N–H and O–H groups in total. The molecule has 0 spiro atoms. The van der Waals surface area contributed by atoms with E-state index < -0.39 is 9.84 Å². The SMILES string of the molecule is CC(CN)CC(=O)NC1CCS(=O)(=O)CC1. The highest BCUT2D eigenvalue weighted by Crippen LogP contribution is 2.12. The van der Waals surface area contributed by atoms with Crippen LogP contribution in [0.4, 0.5) is 0 Å². The number of carbonyl (C=O) groups excluding carboxylic acids is 1. The van der Waals surface area contributed by atoms with Gasteiger partial charge in [0.1, 0.15) is 9.84 Å². The minimum atomic E-state index is -2.85. The number of hydrogen-bond donors (Lipinski definition) is 2. The molecule has 0 aliphatic carbocycles. The third kappa shape index (κ3) is 4.49. The molecular formula is C10H20N2O3S. The Morgan fingerprint density at radius 2 is 2.00 bits per heavy atom. The first-order valence-corrected chi connectivity index (χ1v) is 7.45. The van der Waals surface area contributed by atoms with Gasteiger partial charge >= 0.3 is 0 Å². The van der Waals surface area contributed by atoms with E-state index >= 15 is 0 Å². The fourth-order valence-corrected chi connectivity index (χ4v) is 3.21. The van der Waals surface area contributed by atoms with Crippen molar-refractivity contribution in [3.8, 4) is 0 Å². The molecule has 1 rings (SSSR count). The summed E-state index contributed by atoms with van der Waals surface area (Å²) in [5.41, 5.74) is 5.43. The van der Waals surface area contributed by atoms with Gasteiger partial charge in [0, 0.05) is 12.5 Å². The van der Waals surface area contributed by atoms with Crippen LogP contribution < -0.4 is 11.1 Å². The van der Waals surface area contributed by atoms with Crippen LogP contribution in [0.5, 0.6) is 0 Å². The third-order valence-corrected chi connectivity index (χ3v) is 4.57. The van der Waals surface area contributed by atoms with Gasteiger partial charge in [0.25, 0.3) is 0 Å². The second-order valence-electron chi connectivity index (χ2n) is 4.54. The van der Waals surface area contributed by atoms with Gasteiger partial charge in [-0.15, -0.1) is 0 Å². The largest absolute Gasteiger partial charge is 0.353 e. The van der Waals surface area contributed by atoms with E-state index in [9.17, 15) is 13.2 Å². The lowest BCUT2D eigenvalue weighted by atomic mass is 10.1. The van der Waals surface area contributed by atoms with Crippen molar-refractivity contribution in [2.24, 2.45) is 11.7 Å². The molecule has 1 atom stereocenters. The number of rotatable bonds is 4. The first kappa shape index (κ1) is 13.4. The van der Waals surface area contributed by atoms with Crippen LogP contribution in [0.3, 0.4) is 0 Å². The second kappa shape index (κ2) is 5.63. The maximum absolute atomic E-state index is 11.5. The lowest BCUT2D eigenvalue weighted by molar-refractivity contribution is -0.122. The van der Waals surface area contributed by atoms with Gasteiger partial charge in [-0.1, -0.05) is 6.92 Å². The minimum Gasteiger partial charge on any atom is -0.353 e. The van der Waals surface area contributed by atoms with Crippen molar-refractivity contribution in [2.45, 2.75) is 32.2 Å². The molecule has 1 aliphatic rings. The van der Waals surface area contributed by atoms with Crippen LogP contribution in [0.15, 0.2) is 0 Å². The molecule has 1 heterocycles. The summed E-state index contributed by atoms with van der Waals surface area (Å²) in [6.07, 6.45) is 1.48. The van der Waals surface area contributed by atoms with Crippen LogP contribution in [-0.2, 0) is 14.6 Å². The first-order valence-electron chi connectivity index (χ1n) is 5.63. The Labute approximate surface area is 96.7 Å². The van der Waals surface area contributed by atoms with E-state index in [1.165, 1.54) is 0 Å². The quantitative estimate of drug-likeness (QED) is 0.712. The number of sulfone groups is 1. The molecule has 0 aromatic rings. The predicted molar refractivity (Wildman–Crippen MR) is 62.7 cm³/mol. The van der Waals surface area contributed by atoms with Crippen LogP contribution in [0.1, 0.15) is 26.2 Å². The van der Waals surface area contributed by atoms with E-state index in [4.69, 9.17) is 5.73 Å². The fraction of sp³-hybridized carbons (Fsp3) is 0.900. The van der Waals surface area contributed by atoms with E-state index in [0.717, 1.165) is 0 Å². The van der Waals surface area contributed by atoms with Crippen molar-refractivity contribution in [1.82, 2.24) is 5.32 Å². The summed E-state index contributed by atoms with van der Waals surface area (Å²) >= 11 is 0. The maximum atomic E-state index is 11.5. The van der Waals surface area contributed by atoms with E-state index in [-0.39, 0.29) is 29.4 Å². The molecule has 0 saturated carbocycles. The minimum absolute atomic E-state index is 0.0148. The molecule has 1 aliphatic heterocycles. The zero-order valence-electron chi connectivity index (χ0n) is 9.61. The Balaban J connectivity index is 2.31. The van der Waals surface area contributed by atoms with E-state index in [1.807, 2.05) is 6.92 Å². The van der Waals surface area contributed by atoms with E-state index in [2.05, 4.69) is 5.32 Å². The number of hydrogen-bond acceptors (Lipinski definition) is 4. The van der Waals surface area contributed by atoms with Gasteiger partial charge in [-0.05, 0) is 25.3 Å². The summed E-state index contributed by atoms with van der Waals surface area (Å²) in [4.78, 5) is 11.5. The molecule has 0 radical (unpaired) electrons. The van der Waals surface area contributed by atoms with Crippen LogP contribution in [0.25, 0.3) is 0 Å². The molecule has 1 saturated heterocycles. The second-order valence-corrected chi connectivity index (χ2v) is 6.84. The molecule has 1 fully saturated rings. The molecular weight excluding hydrogens is 228 g/mol. The lowest BCUT2D eigenvalue weighted by Crippen LogP contribution is -2.41. The lowest BCUT2D eigenvalue weighted by Gasteiger charge is -2.23. The fourth-order valence-electron chi connectivity index (χ4n) is 1.72. The third-order valence-electron chi connectivity index (χ3n) is 2.86. The van der Waals surface area contributed by atoms with Gasteiger partial charge in [-0.3, -0.25) is 4.79 Å². The van der Waals surface area contributed by atoms with Gasteiger partial charge in [0.05, 0.1) is 11.5 Å². The van der Waals surface area contributed by atoms with E-state index in [0.29, 0.717) is 25.8 Å². The number of carbonyl (C=O) groups is 1. The van der Waals surface area contributed by atoms with Crippen molar-refractivity contribution in [1.29, 1.82) is 0 Å². The van der Waals surface area contributed by atoms with Crippen LogP contribution in [-0.4, -0.2) is 38.4 Å². The molecule has 1 amide bonds. The molecule has 94 valence electrons. The number of nitrogens with one attached hydrogen (secondary N) is 1. The van der Waals surface area contributed by atoms with Crippen molar-refractivity contribution in [3.05, 3.63) is 0 Å². The maximum Gasteiger partial charge on any atom is 0.220 e. The summed E-state index contributed by atoms with van der Waals surface area (Å²) in [6, 6.07) is 0.0148. The molecule has 5 nitrogen and oxygen atoms in total. The van der Waals surface area contributed by atoms with Crippen molar-refractivity contribution in [3.63, 3.8) is 0 Å². The van der Waals surface area contributed by atoms with Crippen LogP contribution >= 0.6 is 0 Å². The summed E-state index contributed by atoms with van der Waals surface area (Å²) in [5.74, 6) is 0.518. The zero-order chi connectivity index (χ0) is 12.2. The Kier molecular flexibility index (Phi) is 4.73. The summed E-state index contributed by atoms with van der Waals surface area (Å²) in [7, 11) is -2.85. The van der Waals surface area contributed by atoms with Crippen LogP contribution in [0.2, 0.25) is 0 Å². The highest BCUT2D eigenvalue weighted by atomic mass is 32.2. The highest BCUT2D eigenvalue weighted by Gasteiger charge is 2.24. The Morgan fingerprint density at radius 3 is 2.50 bits per heavy atom. The van der Waals surface area contributed by atoms with Crippen molar-refractivity contribution in [2.75, 3.05) is 18.1 Å². The molecule has 0 bridgehead atoms. The van der Waals surface area contributed by atoms with Gasteiger partial charge in [-0.25, -0.2) is 8.42 Å². The summed E-state index contributed by atoms with van der Waals surface area (Å²) in [6.45, 7) is 2.41. The topological polar surface area (TPSA) is 89.3 Å². The van der Waals surface area contributed by atoms with Crippen molar-refractivity contribution < 1.29 is 13.2 Å². The highest BCUT2D eigenvalue weighted by molar-refractivity contribution is 7.91. The zero-order valence-corrected chi connectivity index (χ0v) is 10.4. The Hall–Kier alpha value is -0.620. The Morgan fingerprint density at radius 1 is 1.44 bits per heavy atom. The molecule has 1 unspecified atom stereocenters. The molecule has 16 heavy (non-hydrogen) atoms. The van der Waals surface area contributed by atoms with Crippen LogP contribution in [0, 0.1) is 5.92 Å². The predicted octanol–water partition coefficient (Wildman–Crippen LogP) is -0.335. The first-order chi connectivity index (χ1) is 7.43.